The first-order chi connectivity index (χ1) is 7.60. The standard InChI is InChI=1S/C11H20N2O3/c1-3-9(2)12-10(14)7-5-4-6-8-11(15)13-16/h3,16H,4-8H2,1-2H3,(H,12,14)(H,13,15)/b9-3+. The van der Waals surface area contributed by atoms with Crippen LogP contribution in [-0.2, 0) is 9.59 Å². The monoisotopic (exact) mass is 228 g/mol. The summed E-state index contributed by atoms with van der Waals surface area (Å²) in [6.07, 6.45) is 4.83. The molecule has 0 saturated heterocycles. The van der Waals surface area contributed by atoms with E-state index in [2.05, 4.69) is 5.32 Å². The number of hydroxylamine groups is 1. The third-order valence-corrected chi connectivity index (χ3v) is 2.20. The van der Waals surface area contributed by atoms with Gasteiger partial charge in [-0.05, 0) is 26.7 Å². The van der Waals surface area contributed by atoms with Gasteiger partial charge in [0.2, 0.25) is 11.8 Å². The van der Waals surface area contributed by atoms with Crippen LogP contribution in [0.3, 0.4) is 0 Å². The van der Waals surface area contributed by atoms with Crippen molar-refractivity contribution in [3.63, 3.8) is 0 Å². The van der Waals surface area contributed by atoms with Crippen molar-refractivity contribution >= 4 is 11.8 Å². The maximum Gasteiger partial charge on any atom is 0.243 e. The molecule has 16 heavy (non-hydrogen) atoms. The van der Waals surface area contributed by atoms with Crippen LogP contribution in [-0.4, -0.2) is 17.0 Å². The van der Waals surface area contributed by atoms with Crippen LogP contribution in [0, 0.1) is 0 Å². The van der Waals surface area contributed by atoms with Gasteiger partial charge in [-0.15, -0.1) is 0 Å². The number of carbonyl (C=O) groups is 2. The summed E-state index contributed by atoms with van der Waals surface area (Å²) in [6, 6.07) is 0. The summed E-state index contributed by atoms with van der Waals surface area (Å²) in [5, 5.41) is 11.0. The van der Waals surface area contributed by atoms with Gasteiger partial charge in [0, 0.05) is 18.5 Å². The minimum Gasteiger partial charge on any atom is -0.330 e. The van der Waals surface area contributed by atoms with Crippen LogP contribution < -0.4 is 10.8 Å². The Morgan fingerprint density at radius 2 is 1.69 bits per heavy atom. The van der Waals surface area contributed by atoms with Gasteiger partial charge in [-0.1, -0.05) is 12.5 Å². The van der Waals surface area contributed by atoms with Crippen molar-refractivity contribution in [2.45, 2.75) is 46.0 Å². The Morgan fingerprint density at radius 3 is 2.19 bits per heavy atom. The highest BCUT2D eigenvalue weighted by atomic mass is 16.5. The molecule has 3 N–H and O–H groups in total. The molecule has 0 radical (unpaired) electrons. The second kappa shape index (κ2) is 8.91. The summed E-state index contributed by atoms with van der Waals surface area (Å²) in [4.78, 5) is 21.9. The van der Waals surface area contributed by atoms with Crippen LogP contribution in [0.2, 0.25) is 0 Å². The molecule has 0 fully saturated rings. The van der Waals surface area contributed by atoms with Gasteiger partial charge < -0.3 is 5.32 Å². The zero-order valence-electron chi connectivity index (χ0n) is 9.88. The molecule has 0 heterocycles. The molecule has 0 aromatic carbocycles. The average Bonchev–Trinajstić information content (AvgIpc) is 2.27. The molecule has 0 atom stereocenters. The molecular weight excluding hydrogens is 208 g/mol. The smallest absolute Gasteiger partial charge is 0.243 e. The summed E-state index contributed by atoms with van der Waals surface area (Å²) in [5.74, 6) is -0.378. The van der Waals surface area contributed by atoms with E-state index in [1.807, 2.05) is 19.9 Å². The van der Waals surface area contributed by atoms with E-state index >= 15 is 0 Å². The fourth-order valence-electron chi connectivity index (χ4n) is 1.16. The topological polar surface area (TPSA) is 78.4 Å². The first-order valence-corrected chi connectivity index (χ1v) is 5.45. The van der Waals surface area contributed by atoms with Gasteiger partial charge in [0.1, 0.15) is 0 Å². The van der Waals surface area contributed by atoms with Crippen molar-refractivity contribution in [1.29, 1.82) is 0 Å². The fraction of sp³-hybridized carbons (Fsp3) is 0.636. The van der Waals surface area contributed by atoms with Crippen molar-refractivity contribution in [2.24, 2.45) is 0 Å². The maximum absolute atomic E-state index is 11.3. The lowest BCUT2D eigenvalue weighted by Crippen LogP contribution is -2.20. The fourth-order valence-corrected chi connectivity index (χ4v) is 1.16. The van der Waals surface area contributed by atoms with Crippen molar-refractivity contribution in [3.8, 4) is 0 Å². The molecule has 0 unspecified atom stereocenters. The minimum atomic E-state index is -0.380. The van der Waals surface area contributed by atoms with Crippen molar-refractivity contribution in [1.82, 2.24) is 10.8 Å². The van der Waals surface area contributed by atoms with Crippen LogP contribution in [0.4, 0.5) is 0 Å². The molecule has 0 rings (SSSR count). The Bertz CT molecular complexity index is 262. The highest BCUT2D eigenvalue weighted by Crippen LogP contribution is 2.03. The van der Waals surface area contributed by atoms with Crippen molar-refractivity contribution in [3.05, 3.63) is 11.8 Å². The molecule has 0 aliphatic heterocycles. The van der Waals surface area contributed by atoms with Crippen LogP contribution >= 0.6 is 0 Å². The summed E-state index contributed by atoms with van der Waals surface area (Å²) >= 11 is 0. The minimum absolute atomic E-state index is 0.00205. The Morgan fingerprint density at radius 1 is 1.12 bits per heavy atom. The Hall–Kier alpha value is -1.36. The second-order valence-corrected chi connectivity index (χ2v) is 3.62. The first kappa shape index (κ1) is 14.6. The lowest BCUT2D eigenvalue weighted by atomic mass is 10.1. The van der Waals surface area contributed by atoms with E-state index in [-0.39, 0.29) is 11.8 Å². The molecule has 0 saturated carbocycles. The number of hydrogen-bond acceptors (Lipinski definition) is 3. The highest BCUT2D eigenvalue weighted by molar-refractivity contribution is 5.77. The van der Waals surface area contributed by atoms with E-state index in [0.29, 0.717) is 19.3 Å². The number of amides is 2. The highest BCUT2D eigenvalue weighted by Gasteiger charge is 2.02. The largest absolute Gasteiger partial charge is 0.330 e. The molecular formula is C11H20N2O3. The molecule has 5 heteroatoms. The number of carbonyl (C=O) groups excluding carboxylic acids is 2. The summed E-state index contributed by atoms with van der Waals surface area (Å²) in [6.45, 7) is 3.70. The zero-order valence-corrected chi connectivity index (χ0v) is 9.88. The number of hydrogen-bond donors (Lipinski definition) is 3. The number of rotatable bonds is 7. The van der Waals surface area contributed by atoms with Crippen LogP contribution in [0.1, 0.15) is 46.0 Å². The lowest BCUT2D eigenvalue weighted by Gasteiger charge is -2.04. The third-order valence-electron chi connectivity index (χ3n) is 2.20. The predicted octanol–water partition coefficient (Wildman–Crippen LogP) is 1.48. The molecule has 0 aromatic heterocycles. The molecule has 2 amide bonds. The van der Waals surface area contributed by atoms with Gasteiger partial charge in [-0.3, -0.25) is 14.8 Å². The SMILES string of the molecule is C/C=C(\C)NC(=O)CCCCCC(=O)NO. The molecule has 0 bridgehead atoms. The van der Waals surface area contributed by atoms with E-state index < -0.39 is 0 Å². The molecule has 0 aliphatic carbocycles. The van der Waals surface area contributed by atoms with E-state index in [9.17, 15) is 9.59 Å². The van der Waals surface area contributed by atoms with Gasteiger partial charge in [0.25, 0.3) is 0 Å². The van der Waals surface area contributed by atoms with E-state index in [4.69, 9.17) is 5.21 Å². The van der Waals surface area contributed by atoms with E-state index in [0.717, 1.165) is 18.5 Å². The summed E-state index contributed by atoms with van der Waals surface area (Å²) < 4.78 is 0. The first-order valence-electron chi connectivity index (χ1n) is 5.45. The lowest BCUT2D eigenvalue weighted by molar-refractivity contribution is -0.129. The third kappa shape index (κ3) is 7.99. The number of nitrogens with one attached hydrogen (secondary N) is 2. The van der Waals surface area contributed by atoms with Crippen LogP contribution in [0.5, 0.6) is 0 Å². The van der Waals surface area contributed by atoms with Crippen molar-refractivity contribution < 1.29 is 14.8 Å². The van der Waals surface area contributed by atoms with Gasteiger partial charge in [-0.25, -0.2) is 5.48 Å². The molecule has 0 aliphatic rings. The van der Waals surface area contributed by atoms with Gasteiger partial charge in [-0.2, -0.15) is 0 Å². The summed E-state index contributed by atoms with van der Waals surface area (Å²) in [7, 11) is 0. The van der Waals surface area contributed by atoms with Crippen LogP contribution in [0.25, 0.3) is 0 Å². The normalized spacial score (nSPS) is 11.1. The Balaban J connectivity index is 3.45. The van der Waals surface area contributed by atoms with Crippen molar-refractivity contribution in [2.75, 3.05) is 0 Å². The molecule has 0 spiro atoms. The zero-order chi connectivity index (χ0) is 12.4. The Labute approximate surface area is 95.9 Å². The predicted molar refractivity (Wildman–Crippen MR) is 60.6 cm³/mol. The van der Waals surface area contributed by atoms with E-state index in [1.165, 1.54) is 0 Å². The van der Waals surface area contributed by atoms with E-state index in [1.54, 1.807) is 5.48 Å². The molecule has 0 aromatic rings. The second-order valence-electron chi connectivity index (χ2n) is 3.62. The van der Waals surface area contributed by atoms with Gasteiger partial charge in [0.15, 0.2) is 0 Å². The number of allylic oxidation sites excluding steroid dienone is 2. The summed E-state index contributed by atoms with van der Waals surface area (Å²) in [5.41, 5.74) is 2.42. The van der Waals surface area contributed by atoms with Gasteiger partial charge in [0.05, 0.1) is 0 Å². The molecule has 5 nitrogen and oxygen atoms in total. The average molecular weight is 228 g/mol. The molecule has 92 valence electrons. The quantitative estimate of drug-likeness (QED) is 0.351. The van der Waals surface area contributed by atoms with Gasteiger partial charge >= 0.3 is 0 Å². The number of unbranched alkanes of at least 4 members (excludes halogenated alkanes) is 2. The maximum atomic E-state index is 11.3. The van der Waals surface area contributed by atoms with Crippen LogP contribution in [0.15, 0.2) is 11.8 Å². The Kier molecular flexibility index (Phi) is 8.15.